The first kappa shape index (κ1) is 13.7. The van der Waals surface area contributed by atoms with Crippen LogP contribution in [0.1, 0.15) is 42.7 Å². The van der Waals surface area contributed by atoms with Gasteiger partial charge in [-0.3, -0.25) is 0 Å². The summed E-state index contributed by atoms with van der Waals surface area (Å²) in [5, 5.41) is 4.16. The van der Waals surface area contributed by atoms with E-state index in [0.717, 1.165) is 48.3 Å². The molecule has 2 aliphatic rings. The Morgan fingerprint density at radius 1 is 1.00 bits per heavy atom. The second-order valence-corrected chi connectivity index (χ2v) is 6.25. The summed E-state index contributed by atoms with van der Waals surface area (Å²) in [4.78, 5) is 0. The van der Waals surface area contributed by atoms with E-state index < -0.39 is 0 Å². The maximum absolute atomic E-state index is 5.83. The fourth-order valence-corrected chi connectivity index (χ4v) is 2.84. The first-order valence-corrected chi connectivity index (χ1v) is 8.20. The highest BCUT2D eigenvalue weighted by molar-refractivity contribution is 5.32. The Labute approximate surface area is 130 Å². The Kier molecular flexibility index (Phi) is 3.75. The van der Waals surface area contributed by atoms with Crippen molar-refractivity contribution in [3.05, 3.63) is 41.3 Å². The molecule has 1 saturated carbocycles. The summed E-state index contributed by atoms with van der Waals surface area (Å²) >= 11 is 0. The monoisotopic (exact) mass is 299 g/mol. The van der Waals surface area contributed by atoms with E-state index in [9.17, 15) is 0 Å². The van der Waals surface area contributed by atoms with Crippen LogP contribution >= 0.6 is 0 Å². The smallest absolute Gasteiger partial charge is 0.140 e. The molecule has 0 aliphatic heterocycles. The van der Waals surface area contributed by atoms with Crippen molar-refractivity contribution in [1.82, 2.24) is 5.16 Å². The summed E-state index contributed by atoms with van der Waals surface area (Å²) < 4.78 is 17.0. The zero-order valence-electron chi connectivity index (χ0n) is 12.7. The van der Waals surface area contributed by atoms with Crippen molar-refractivity contribution in [3.8, 4) is 11.5 Å². The van der Waals surface area contributed by atoms with Crippen LogP contribution in [0, 0.1) is 5.92 Å². The Balaban J connectivity index is 1.34. The van der Waals surface area contributed by atoms with E-state index in [0.29, 0.717) is 6.61 Å². The summed E-state index contributed by atoms with van der Waals surface area (Å²) in [7, 11) is 0. The molecule has 0 unspecified atom stereocenters. The van der Waals surface area contributed by atoms with Crippen LogP contribution in [0.3, 0.4) is 0 Å². The molecule has 116 valence electrons. The molecular formula is C18H21NO3. The Morgan fingerprint density at radius 3 is 2.50 bits per heavy atom. The Bertz CT molecular complexity index is 628. The molecule has 2 aliphatic carbocycles. The van der Waals surface area contributed by atoms with Gasteiger partial charge in [0.15, 0.2) is 0 Å². The first-order chi connectivity index (χ1) is 10.9. The van der Waals surface area contributed by atoms with Gasteiger partial charge in [0, 0.05) is 12.0 Å². The van der Waals surface area contributed by atoms with Gasteiger partial charge in [0.2, 0.25) is 0 Å². The van der Waals surface area contributed by atoms with Crippen molar-refractivity contribution in [2.45, 2.75) is 45.1 Å². The number of aryl methyl sites for hydroxylation is 1. The molecule has 0 N–H and O–H groups in total. The minimum absolute atomic E-state index is 0.473. The van der Waals surface area contributed by atoms with Gasteiger partial charge in [0.1, 0.15) is 29.6 Å². The standard InChI is InChI=1S/C18H21NO3/c1-2-4-18-16(3-1)17(19-22-18)12-21-15-9-7-14(8-10-15)20-11-13-5-6-13/h7-10,13H,1-6,11-12H2. The van der Waals surface area contributed by atoms with Crippen molar-refractivity contribution in [2.75, 3.05) is 6.61 Å². The molecule has 1 aromatic carbocycles. The molecule has 1 fully saturated rings. The Hall–Kier alpha value is -1.97. The van der Waals surface area contributed by atoms with Crippen molar-refractivity contribution in [2.24, 2.45) is 5.92 Å². The lowest BCUT2D eigenvalue weighted by Gasteiger charge is -2.10. The molecule has 0 spiro atoms. The summed E-state index contributed by atoms with van der Waals surface area (Å²) in [6, 6.07) is 7.84. The molecule has 0 saturated heterocycles. The van der Waals surface area contributed by atoms with Gasteiger partial charge in [-0.05, 0) is 62.3 Å². The molecule has 22 heavy (non-hydrogen) atoms. The second-order valence-electron chi connectivity index (χ2n) is 6.25. The third kappa shape index (κ3) is 3.11. The molecule has 0 bridgehead atoms. The molecule has 1 heterocycles. The van der Waals surface area contributed by atoms with Gasteiger partial charge in [0.05, 0.1) is 6.61 Å². The maximum Gasteiger partial charge on any atom is 0.140 e. The topological polar surface area (TPSA) is 44.5 Å². The van der Waals surface area contributed by atoms with Crippen LogP contribution in [0.2, 0.25) is 0 Å². The molecule has 4 rings (SSSR count). The van der Waals surface area contributed by atoms with E-state index in [2.05, 4.69) is 5.16 Å². The highest BCUT2D eigenvalue weighted by Gasteiger charge is 2.22. The van der Waals surface area contributed by atoms with Crippen molar-refractivity contribution in [3.63, 3.8) is 0 Å². The SMILES string of the molecule is c1cc(OCC2CC2)ccc1OCc1noc2c1CCCC2. The quantitative estimate of drug-likeness (QED) is 0.811. The number of rotatable bonds is 6. The molecular weight excluding hydrogens is 278 g/mol. The molecule has 2 aromatic rings. The van der Waals surface area contributed by atoms with Gasteiger partial charge in [-0.1, -0.05) is 5.16 Å². The van der Waals surface area contributed by atoms with Gasteiger partial charge >= 0.3 is 0 Å². The first-order valence-electron chi connectivity index (χ1n) is 8.20. The number of benzene rings is 1. The van der Waals surface area contributed by atoms with E-state index in [-0.39, 0.29) is 0 Å². The summed E-state index contributed by atoms with van der Waals surface area (Å²) in [5.74, 6) is 3.58. The number of hydrogen-bond acceptors (Lipinski definition) is 4. The Morgan fingerprint density at radius 2 is 1.73 bits per heavy atom. The largest absolute Gasteiger partial charge is 0.493 e. The van der Waals surface area contributed by atoms with E-state index >= 15 is 0 Å². The fourth-order valence-electron chi connectivity index (χ4n) is 2.84. The van der Waals surface area contributed by atoms with Crippen molar-refractivity contribution < 1.29 is 14.0 Å². The lowest BCUT2D eigenvalue weighted by Crippen LogP contribution is -2.04. The van der Waals surface area contributed by atoms with Crippen LogP contribution in [0.15, 0.2) is 28.8 Å². The van der Waals surface area contributed by atoms with Crippen LogP contribution in [0.4, 0.5) is 0 Å². The van der Waals surface area contributed by atoms with Gasteiger partial charge in [0.25, 0.3) is 0 Å². The van der Waals surface area contributed by atoms with Crippen LogP contribution in [-0.2, 0) is 19.4 Å². The molecule has 4 nitrogen and oxygen atoms in total. The lowest BCUT2D eigenvalue weighted by molar-refractivity contribution is 0.283. The lowest BCUT2D eigenvalue weighted by atomic mass is 9.97. The van der Waals surface area contributed by atoms with Crippen LogP contribution < -0.4 is 9.47 Å². The molecule has 0 radical (unpaired) electrons. The van der Waals surface area contributed by atoms with E-state index in [4.69, 9.17) is 14.0 Å². The van der Waals surface area contributed by atoms with Gasteiger partial charge in [-0.2, -0.15) is 0 Å². The highest BCUT2D eigenvalue weighted by atomic mass is 16.5. The number of ether oxygens (including phenoxy) is 2. The number of nitrogens with zero attached hydrogens (tertiary/aromatic N) is 1. The number of hydrogen-bond donors (Lipinski definition) is 0. The van der Waals surface area contributed by atoms with Crippen molar-refractivity contribution >= 4 is 0 Å². The van der Waals surface area contributed by atoms with E-state index in [1.54, 1.807) is 0 Å². The zero-order chi connectivity index (χ0) is 14.8. The summed E-state index contributed by atoms with van der Waals surface area (Å²) in [5.41, 5.74) is 2.21. The average molecular weight is 299 g/mol. The van der Waals surface area contributed by atoms with E-state index in [1.807, 2.05) is 24.3 Å². The normalized spacial score (nSPS) is 17.1. The molecule has 4 heteroatoms. The maximum atomic E-state index is 5.83. The zero-order valence-corrected chi connectivity index (χ0v) is 12.7. The fraction of sp³-hybridized carbons (Fsp3) is 0.500. The summed E-state index contributed by atoms with van der Waals surface area (Å²) in [6.45, 7) is 1.31. The molecule has 0 atom stereocenters. The third-order valence-corrected chi connectivity index (χ3v) is 4.41. The average Bonchev–Trinajstić information content (AvgIpc) is 3.31. The molecule has 0 amide bonds. The predicted molar refractivity (Wildman–Crippen MR) is 82.1 cm³/mol. The van der Waals surface area contributed by atoms with Gasteiger partial charge in [-0.25, -0.2) is 0 Å². The minimum atomic E-state index is 0.473. The highest BCUT2D eigenvalue weighted by Crippen LogP contribution is 2.30. The van der Waals surface area contributed by atoms with Crippen LogP contribution in [0.5, 0.6) is 11.5 Å². The number of aromatic nitrogens is 1. The number of fused-ring (bicyclic) bond motifs is 1. The summed E-state index contributed by atoms with van der Waals surface area (Å²) in [6.07, 6.45) is 7.10. The van der Waals surface area contributed by atoms with Crippen LogP contribution in [-0.4, -0.2) is 11.8 Å². The minimum Gasteiger partial charge on any atom is -0.493 e. The second kappa shape index (κ2) is 6.03. The third-order valence-electron chi connectivity index (χ3n) is 4.41. The molecule has 1 aromatic heterocycles. The van der Waals surface area contributed by atoms with Crippen molar-refractivity contribution in [1.29, 1.82) is 0 Å². The van der Waals surface area contributed by atoms with Crippen LogP contribution in [0.25, 0.3) is 0 Å². The van der Waals surface area contributed by atoms with Gasteiger partial charge in [-0.15, -0.1) is 0 Å². The van der Waals surface area contributed by atoms with Gasteiger partial charge < -0.3 is 14.0 Å². The van der Waals surface area contributed by atoms with E-state index in [1.165, 1.54) is 31.2 Å². The predicted octanol–water partition coefficient (Wildman–Crippen LogP) is 3.92.